The van der Waals surface area contributed by atoms with Gasteiger partial charge >= 0.3 is 0 Å². The molecule has 1 N–H and O–H groups in total. The Morgan fingerprint density at radius 1 is 1.28 bits per heavy atom. The molecule has 25 heavy (non-hydrogen) atoms. The normalized spacial score (nSPS) is 15.3. The fourth-order valence-electron chi connectivity index (χ4n) is 3.09. The molecule has 0 unspecified atom stereocenters. The monoisotopic (exact) mass is 360 g/mol. The molecule has 0 spiro atoms. The van der Waals surface area contributed by atoms with Crippen molar-refractivity contribution >= 4 is 17.2 Å². The van der Waals surface area contributed by atoms with Crippen molar-refractivity contribution in [3.8, 4) is 11.5 Å². The van der Waals surface area contributed by atoms with Gasteiger partial charge in [-0.25, -0.2) is 0 Å². The van der Waals surface area contributed by atoms with Crippen molar-refractivity contribution in [1.82, 2.24) is 10.2 Å². The first-order valence-corrected chi connectivity index (χ1v) is 9.28. The number of ether oxygens (including phenoxy) is 2. The Hall–Kier alpha value is -2.05. The number of carbonyl (C=O) groups is 1. The molecule has 0 radical (unpaired) electrons. The number of hydrogen-bond acceptors (Lipinski definition) is 5. The summed E-state index contributed by atoms with van der Waals surface area (Å²) in [7, 11) is 3.22. The highest BCUT2D eigenvalue weighted by Gasteiger charge is 2.25. The quantitative estimate of drug-likeness (QED) is 0.861. The maximum absolute atomic E-state index is 12.5. The number of methoxy groups -OCH3 is 2. The van der Waals surface area contributed by atoms with E-state index in [1.54, 1.807) is 14.2 Å². The molecule has 134 valence electrons. The predicted molar refractivity (Wildman–Crippen MR) is 99.3 cm³/mol. The number of benzene rings is 1. The van der Waals surface area contributed by atoms with Crippen LogP contribution < -0.4 is 14.8 Å². The van der Waals surface area contributed by atoms with Crippen LogP contribution >= 0.6 is 11.3 Å². The van der Waals surface area contributed by atoms with Gasteiger partial charge in [-0.1, -0.05) is 6.07 Å². The van der Waals surface area contributed by atoms with E-state index in [0.29, 0.717) is 18.0 Å². The number of fused-ring (bicyclic) bond motifs is 1. The number of carbonyl (C=O) groups excluding carboxylic acids is 1. The third kappa shape index (κ3) is 3.96. The fourth-order valence-corrected chi connectivity index (χ4v) is 3.98. The molecule has 1 aliphatic heterocycles. The van der Waals surface area contributed by atoms with Gasteiger partial charge in [0.25, 0.3) is 0 Å². The average Bonchev–Trinajstić information content (AvgIpc) is 3.12. The van der Waals surface area contributed by atoms with E-state index < -0.39 is 0 Å². The lowest BCUT2D eigenvalue weighted by Crippen LogP contribution is -2.46. The summed E-state index contributed by atoms with van der Waals surface area (Å²) in [4.78, 5) is 16.2. The van der Waals surface area contributed by atoms with E-state index in [1.807, 2.05) is 36.5 Å². The maximum Gasteiger partial charge on any atom is 0.237 e. The third-order valence-electron chi connectivity index (χ3n) is 4.68. The van der Waals surface area contributed by atoms with Gasteiger partial charge in [0.15, 0.2) is 11.5 Å². The molecule has 1 aliphatic rings. The van der Waals surface area contributed by atoms with Crippen LogP contribution in [0.3, 0.4) is 0 Å². The van der Waals surface area contributed by atoms with Crippen LogP contribution in [0.25, 0.3) is 0 Å². The first kappa shape index (κ1) is 17.8. The Morgan fingerprint density at radius 2 is 2.08 bits per heavy atom. The Balaban J connectivity index is 1.57. The van der Waals surface area contributed by atoms with Gasteiger partial charge < -0.3 is 14.8 Å². The van der Waals surface area contributed by atoms with Crippen LogP contribution in [-0.2, 0) is 24.3 Å². The number of rotatable bonds is 6. The zero-order chi connectivity index (χ0) is 17.8. The summed E-state index contributed by atoms with van der Waals surface area (Å²) in [5.41, 5.74) is 2.34. The highest BCUT2D eigenvalue weighted by molar-refractivity contribution is 7.10. The molecule has 1 aromatic carbocycles. The Morgan fingerprint density at radius 3 is 2.84 bits per heavy atom. The summed E-state index contributed by atoms with van der Waals surface area (Å²) in [6, 6.07) is 7.70. The molecule has 2 aromatic rings. The highest BCUT2D eigenvalue weighted by atomic mass is 32.1. The minimum absolute atomic E-state index is 0.0495. The summed E-state index contributed by atoms with van der Waals surface area (Å²) in [6.07, 6.45) is 1.03. The fraction of sp³-hybridized carbons (Fsp3) is 0.421. The Kier molecular flexibility index (Phi) is 5.60. The molecular formula is C19H24N2O3S. The molecule has 3 rings (SSSR count). The number of thiophene rings is 1. The van der Waals surface area contributed by atoms with Crippen LogP contribution in [0.2, 0.25) is 0 Å². The predicted octanol–water partition coefficient (Wildman–Crippen LogP) is 2.83. The molecule has 6 heteroatoms. The Bertz CT molecular complexity index is 744. The van der Waals surface area contributed by atoms with Crippen LogP contribution in [-0.4, -0.2) is 37.6 Å². The van der Waals surface area contributed by atoms with Crippen LogP contribution in [0.5, 0.6) is 11.5 Å². The van der Waals surface area contributed by atoms with Gasteiger partial charge in [0.2, 0.25) is 5.91 Å². The van der Waals surface area contributed by atoms with Gasteiger partial charge in [0.05, 0.1) is 20.3 Å². The molecule has 5 nitrogen and oxygen atoms in total. The number of nitrogens with one attached hydrogen (secondary N) is 1. The van der Waals surface area contributed by atoms with Crippen LogP contribution in [0.4, 0.5) is 0 Å². The minimum atomic E-state index is -0.145. The average molecular weight is 360 g/mol. The second-order valence-electron chi connectivity index (χ2n) is 6.17. The van der Waals surface area contributed by atoms with Gasteiger partial charge in [0, 0.05) is 24.5 Å². The first-order valence-electron chi connectivity index (χ1n) is 8.40. The van der Waals surface area contributed by atoms with Gasteiger partial charge in [-0.3, -0.25) is 9.69 Å². The zero-order valence-corrected chi connectivity index (χ0v) is 15.7. The van der Waals surface area contributed by atoms with Crippen molar-refractivity contribution in [2.75, 3.05) is 20.8 Å². The molecule has 0 bridgehead atoms. The van der Waals surface area contributed by atoms with Gasteiger partial charge in [-0.2, -0.15) is 0 Å². The second kappa shape index (κ2) is 7.89. The second-order valence-corrected chi connectivity index (χ2v) is 7.17. The van der Waals surface area contributed by atoms with Crippen LogP contribution in [0, 0.1) is 0 Å². The highest BCUT2D eigenvalue weighted by Crippen LogP contribution is 2.28. The molecule has 0 saturated carbocycles. The molecule has 2 heterocycles. The molecule has 1 amide bonds. The third-order valence-corrected chi connectivity index (χ3v) is 5.70. The SMILES string of the molecule is COc1ccc(CNC(=O)[C@H](C)N2CCc3sccc3C2)cc1OC. The van der Waals surface area contributed by atoms with Crippen molar-refractivity contribution < 1.29 is 14.3 Å². The van der Waals surface area contributed by atoms with E-state index in [2.05, 4.69) is 21.7 Å². The summed E-state index contributed by atoms with van der Waals surface area (Å²) in [5.74, 6) is 1.41. The van der Waals surface area contributed by atoms with Crippen molar-refractivity contribution in [2.45, 2.75) is 32.5 Å². The van der Waals surface area contributed by atoms with E-state index in [4.69, 9.17) is 9.47 Å². The summed E-state index contributed by atoms with van der Waals surface area (Å²) < 4.78 is 10.5. The lowest BCUT2D eigenvalue weighted by molar-refractivity contribution is -0.126. The van der Waals surface area contributed by atoms with Crippen molar-refractivity contribution in [3.05, 3.63) is 45.6 Å². The molecule has 0 fully saturated rings. The largest absolute Gasteiger partial charge is 0.493 e. The molecule has 1 aromatic heterocycles. The van der Waals surface area contributed by atoms with E-state index in [1.165, 1.54) is 10.4 Å². The maximum atomic E-state index is 12.5. The number of hydrogen-bond donors (Lipinski definition) is 1. The van der Waals surface area contributed by atoms with Crippen molar-refractivity contribution in [1.29, 1.82) is 0 Å². The smallest absolute Gasteiger partial charge is 0.237 e. The van der Waals surface area contributed by atoms with Gasteiger partial charge in [0.1, 0.15) is 0 Å². The van der Waals surface area contributed by atoms with E-state index in [9.17, 15) is 4.79 Å². The lowest BCUT2D eigenvalue weighted by atomic mass is 10.1. The van der Waals surface area contributed by atoms with Gasteiger partial charge in [-0.15, -0.1) is 11.3 Å². The van der Waals surface area contributed by atoms with Gasteiger partial charge in [-0.05, 0) is 48.1 Å². The molecule has 1 atom stereocenters. The summed E-state index contributed by atoms with van der Waals surface area (Å²) >= 11 is 1.81. The van der Waals surface area contributed by atoms with Crippen LogP contribution in [0.15, 0.2) is 29.6 Å². The summed E-state index contributed by atoms with van der Waals surface area (Å²) in [6.45, 7) is 4.23. The first-order chi connectivity index (χ1) is 12.1. The topological polar surface area (TPSA) is 50.8 Å². The number of amides is 1. The molecular weight excluding hydrogens is 336 g/mol. The molecule has 0 aliphatic carbocycles. The molecule has 0 saturated heterocycles. The van der Waals surface area contributed by atoms with E-state index in [0.717, 1.165) is 25.1 Å². The van der Waals surface area contributed by atoms with E-state index >= 15 is 0 Å². The number of nitrogens with zero attached hydrogens (tertiary/aromatic N) is 1. The lowest BCUT2D eigenvalue weighted by Gasteiger charge is -2.31. The Labute approximate surface area is 152 Å². The van der Waals surface area contributed by atoms with E-state index in [-0.39, 0.29) is 11.9 Å². The van der Waals surface area contributed by atoms with Crippen LogP contribution in [0.1, 0.15) is 22.9 Å². The zero-order valence-electron chi connectivity index (χ0n) is 14.9. The van der Waals surface area contributed by atoms with Crippen molar-refractivity contribution in [2.24, 2.45) is 0 Å². The minimum Gasteiger partial charge on any atom is -0.493 e. The summed E-state index contributed by atoms with van der Waals surface area (Å²) in [5, 5.41) is 5.16. The van der Waals surface area contributed by atoms with Crippen molar-refractivity contribution in [3.63, 3.8) is 0 Å². The standard InChI is InChI=1S/C19H24N2O3S/c1-13(21-8-6-18-15(12-21)7-9-25-18)19(22)20-11-14-4-5-16(23-2)17(10-14)24-3/h4-5,7,9-10,13H,6,8,11-12H2,1-3H3,(H,20,22)/t13-/m0/s1.